The molecule has 0 aliphatic carbocycles. The minimum absolute atomic E-state index is 0.0548. The van der Waals surface area contributed by atoms with Crippen molar-refractivity contribution in [2.24, 2.45) is 0 Å². The van der Waals surface area contributed by atoms with Crippen molar-refractivity contribution in [2.75, 3.05) is 7.05 Å². The highest BCUT2D eigenvalue weighted by Crippen LogP contribution is 2.15. The van der Waals surface area contributed by atoms with Gasteiger partial charge in [0, 0.05) is 31.1 Å². The van der Waals surface area contributed by atoms with Gasteiger partial charge in [-0.25, -0.2) is 9.67 Å². The number of carbonyl (C=O) groups is 1. The van der Waals surface area contributed by atoms with E-state index < -0.39 is 18.0 Å². The van der Waals surface area contributed by atoms with Gasteiger partial charge in [0.05, 0.1) is 12.2 Å². The van der Waals surface area contributed by atoms with Gasteiger partial charge in [-0.05, 0) is 6.07 Å². The van der Waals surface area contributed by atoms with Gasteiger partial charge in [-0.3, -0.25) is 14.2 Å². The first-order valence-corrected chi connectivity index (χ1v) is 8.13. The monoisotopic (exact) mass is 373 g/mol. The van der Waals surface area contributed by atoms with Gasteiger partial charge in [-0.2, -0.15) is 13.9 Å². The Morgan fingerprint density at radius 3 is 2.63 bits per heavy atom. The third-order valence-electron chi connectivity index (χ3n) is 3.98. The molecule has 3 aromatic rings. The summed E-state index contributed by atoms with van der Waals surface area (Å²) in [7, 11) is 1.46. The number of hydrogen-bond donors (Lipinski definition) is 0. The molecule has 0 atom stereocenters. The van der Waals surface area contributed by atoms with Crippen molar-refractivity contribution in [2.45, 2.75) is 19.6 Å². The molecule has 1 aromatic carbocycles. The second-order valence-electron chi connectivity index (χ2n) is 5.86. The third kappa shape index (κ3) is 4.25. The highest BCUT2D eigenvalue weighted by atomic mass is 19.3. The van der Waals surface area contributed by atoms with Crippen LogP contribution in [0.2, 0.25) is 0 Å². The topological polar surface area (TPSA) is 73.0 Å². The molecule has 0 saturated heterocycles. The summed E-state index contributed by atoms with van der Waals surface area (Å²) in [4.78, 5) is 29.5. The maximum Gasteiger partial charge on any atom is 0.319 e. The molecule has 0 fully saturated rings. The highest BCUT2D eigenvalue weighted by Gasteiger charge is 2.17. The maximum absolute atomic E-state index is 12.9. The van der Waals surface area contributed by atoms with E-state index in [1.807, 2.05) is 30.3 Å². The zero-order chi connectivity index (χ0) is 19.4. The summed E-state index contributed by atoms with van der Waals surface area (Å²) >= 11 is 0. The number of rotatable bonds is 6. The quantitative estimate of drug-likeness (QED) is 0.664. The predicted molar refractivity (Wildman–Crippen MR) is 93.9 cm³/mol. The molecule has 2 aromatic heterocycles. The molecule has 0 unspecified atom stereocenters. The average molecular weight is 373 g/mol. The molecule has 1 amide bonds. The van der Waals surface area contributed by atoms with E-state index in [1.54, 1.807) is 6.07 Å². The Bertz CT molecular complexity index is 985. The second kappa shape index (κ2) is 7.90. The van der Waals surface area contributed by atoms with Crippen molar-refractivity contribution < 1.29 is 13.6 Å². The van der Waals surface area contributed by atoms with Crippen LogP contribution in [0.15, 0.2) is 59.7 Å². The summed E-state index contributed by atoms with van der Waals surface area (Å²) in [6.45, 7) is -3.15. The van der Waals surface area contributed by atoms with E-state index in [9.17, 15) is 18.4 Å². The van der Waals surface area contributed by atoms with Gasteiger partial charge in [0.15, 0.2) is 0 Å². The number of imidazole rings is 1. The standard InChI is InChI=1S/C18H17F2N5O2/c1-23(11-15-21-9-10-24(15)18(19)20)17(27)12-25-16(26)8-7-14(22-25)13-5-3-2-4-6-13/h2-10,18H,11-12H2,1H3. The largest absolute Gasteiger partial charge is 0.337 e. The fourth-order valence-corrected chi connectivity index (χ4v) is 2.52. The molecular formula is C18H17F2N5O2. The van der Waals surface area contributed by atoms with E-state index >= 15 is 0 Å². The number of alkyl halides is 2. The van der Waals surface area contributed by atoms with Crippen LogP contribution in [0.5, 0.6) is 0 Å². The zero-order valence-corrected chi connectivity index (χ0v) is 14.5. The second-order valence-corrected chi connectivity index (χ2v) is 5.86. The number of hydrogen-bond acceptors (Lipinski definition) is 4. The fraction of sp³-hybridized carbons (Fsp3) is 0.222. The fourth-order valence-electron chi connectivity index (χ4n) is 2.52. The third-order valence-corrected chi connectivity index (χ3v) is 3.98. The lowest BCUT2D eigenvalue weighted by Gasteiger charge is -2.18. The van der Waals surface area contributed by atoms with Crippen molar-refractivity contribution in [3.8, 4) is 11.3 Å². The Morgan fingerprint density at radius 1 is 1.19 bits per heavy atom. The zero-order valence-electron chi connectivity index (χ0n) is 14.5. The van der Waals surface area contributed by atoms with E-state index in [4.69, 9.17) is 0 Å². The van der Waals surface area contributed by atoms with E-state index in [2.05, 4.69) is 10.1 Å². The van der Waals surface area contributed by atoms with E-state index in [1.165, 1.54) is 24.2 Å². The van der Waals surface area contributed by atoms with Gasteiger partial charge >= 0.3 is 6.55 Å². The minimum Gasteiger partial charge on any atom is -0.337 e. The van der Waals surface area contributed by atoms with Gasteiger partial charge in [-0.15, -0.1) is 0 Å². The van der Waals surface area contributed by atoms with Gasteiger partial charge in [-0.1, -0.05) is 30.3 Å². The van der Waals surface area contributed by atoms with Crippen LogP contribution in [0.1, 0.15) is 12.4 Å². The minimum atomic E-state index is -2.74. The van der Waals surface area contributed by atoms with Crippen molar-refractivity contribution in [3.05, 3.63) is 71.0 Å². The molecule has 140 valence electrons. The molecule has 0 N–H and O–H groups in total. The lowest BCUT2D eigenvalue weighted by atomic mass is 10.1. The van der Waals surface area contributed by atoms with Crippen molar-refractivity contribution in [1.29, 1.82) is 0 Å². The molecular weight excluding hydrogens is 356 g/mol. The van der Waals surface area contributed by atoms with Gasteiger partial charge in [0.2, 0.25) is 5.91 Å². The lowest BCUT2D eigenvalue weighted by molar-refractivity contribution is -0.131. The number of aromatic nitrogens is 4. The first-order chi connectivity index (χ1) is 13.0. The number of halogens is 2. The SMILES string of the molecule is CN(Cc1nccn1C(F)F)C(=O)Cn1nc(-c2ccccc2)ccc1=O. The average Bonchev–Trinajstić information content (AvgIpc) is 3.12. The summed E-state index contributed by atoms with van der Waals surface area (Å²) in [5.74, 6) is -0.391. The molecule has 0 bridgehead atoms. The lowest BCUT2D eigenvalue weighted by Crippen LogP contribution is -2.35. The molecule has 27 heavy (non-hydrogen) atoms. The van der Waals surface area contributed by atoms with Crippen LogP contribution in [0.4, 0.5) is 8.78 Å². The Morgan fingerprint density at radius 2 is 1.93 bits per heavy atom. The van der Waals surface area contributed by atoms with Crippen LogP contribution in [0.25, 0.3) is 11.3 Å². The number of carbonyl (C=O) groups excluding carboxylic acids is 1. The normalized spacial score (nSPS) is 11.0. The Kier molecular flexibility index (Phi) is 5.39. The van der Waals surface area contributed by atoms with Crippen LogP contribution >= 0.6 is 0 Å². The molecule has 0 aliphatic rings. The number of nitrogens with zero attached hydrogens (tertiary/aromatic N) is 5. The van der Waals surface area contributed by atoms with Crippen LogP contribution in [-0.4, -0.2) is 37.2 Å². The van der Waals surface area contributed by atoms with Crippen LogP contribution in [0.3, 0.4) is 0 Å². The number of amides is 1. The van der Waals surface area contributed by atoms with Crippen LogP contribution in [0, 0.1) is 0 Å². The highest BCUT2D eigenvalue weighted by molar-refractivity contribution is 5.75. The summed E-state index contributed by atoms with van der Waals surface area (Å²) in [5.41, 5.74) is 0.940. The Balaban J connectivity index is 1.75. The van der Waals surface area contributed by atoms with Crippen molar-refractivity contribution >= 4 is 5.91 Å². The summed E-state index contributed by atoms with van der Waals surface area (Å²) in [6, 6.07) is 12.2. The molecule has 9 heteroatoms. The van der Waals surface area contributed by atoms with Crippen molar-refractivity contribution in [1.82, 2.24) is 24.2 Å². The smallest absolute Gasteiger partial charge is 0.319 e. The van der Waals surface area contributed by atoms with Crippen LogP contribution in [-0.2, 0) is 17.9 Å². The van der Waals surface area contributed by atoms with Crippen LogP contribution < -0.4 is 5.56 Å². The number of likely N-dealkylation sites (N-methyl/N-ethyl adjacent to an activating group) is 1. The molecule has 0 saturated carbocycles. The molecule has 7 nitrogen and oxygen atoms in total. The van der Waals surface area contributed by atoms with E-state index in [-0.39, 0.29) is 18.9 Å². The summed E-state index contributed by atoms with van der Waals surface area (Å²) < 4.78 is 27.5. The summed E-state index contributed by atoms with van der Waals surface area (Å²) in [5, 5.41) is 4.22. The Hall–Kier alpha value is -3.36. The van der Waals surface area contributed by atoms with Gasteiger partial charge < -0.3 is 4.90 Å². The first kappa shape index (κ1) is 18.4. The molecule has 0 aliphatic heterocycles. The van der Waals surface area contributed by atoms with E-state index in [0.717, 1.165) is 16.4 Å². The summed E-state index contributed by atoms with van der Waals surface area (Å²) in [6.07, 6.45) is 2.39. The maximum atomic E-state index is 12.9. The van der Waals surface area contributed by atoms with Crippen molar-refractivity contribution in [3.63, 3.8) is 0 Å². The molecule has 0 radical (unpaired) electrons. The number of benzene rings is 1. The molecule has 2 heterocycles. The van der Waals surface area contributed by atoms with E-state index in [0.29, 0.717) is 10.3 Å². The first-order valence-electron chi connectivity index (χ1n) is 8.13. The van der Waals surface area contributed by atoms with Gasteiger partial charge in [0.25, 0.3) is 5.56 Å². The molecule has 3 rings (SSSR count). The van der Waals surface area contributed by atoms with Gasteiger partial charge in [0.1, 0.15) is 12.4 Å². The molecule has 0 spiro atoms. The Labute approximate surface area is 153 Å². The predicted octanol–water partition coefficient (Wildman–Crippen LogP) is 2.16.